The molecule has 1 aliphatic carbocycles. The third kappa shape index (κ3) is 7.06. The first-order valence-electron chi connectivity index (χ1n) is 12.2. The van der Waals surface area contributed by atoms with Crippen LogP contribution in [0.15, 0.2) is 36.4 Å². The SMILES string of the molecule is O=C(O)CNC1CC(C(=O)NCCC2(NC(=O)COc3ccc(Cl)c(F)c3)CCC2)Oc2ccc(Cl)cc21. The Morgan fingerprint density at radius 1 is 1.16 bits per heavy atom. The molecular formula is C26H28Cl2FN3O6. The molecule has 9 nitrogen and oxygen atoms in total. The molecule has 4 N–H and O–H groups in total. The van der Waals surface area contributed by atoms with Crippen LogP contribution in [0, 0.1) is 5.82 Å². The maximum atomic E-state index is 13.6. The normalized spacial score (nSPS) is 19.3. The summed E-state index contributed by atoms with van der Waals surface area (Å²) >= 11 is 11.8. The monoisotopic (exact) mass is 567 g/mol. The number of aliphatic carboxylic acids is 1. The second-order valence-electron chi connectivity index (χ2n) is 9.44. The number of halogens is 3. The number of rotatable bonds is 11. The molecular weight excluding hydrogens is 540 g/mol. The van der Waals surface area contributed by atoms with Gasteiger partial charge in [-0.25, -0.2) is 4.39 Å². The Hall–Kier alpha value is -3.08. The topological polar surface area (TPSA) is 126 Å². The van der Waals surface area contributed by atoms with Gasteiger partial charge in [0.2, 0.25) is 0 Å². The van der Waals surface area contributed by atoms with E-state index in [9.17, 15) is 18.8 Å². The Morgan fingerprint density at radius 2 is 1.95 bits per heavy atom. The Bertz CT molecular complexity index is 1210. The highest BCUT2D eigenvalue weighted by Gasteiger charge is 2.39. The number of hydrogen-bond acceptors (Lipinski definition) is 6. The fraction of sp³-hybridized carbons (Fsp3) is 0.423. The molecule has 2 unspecified atom stereocenters. The summed E-state index contributed by atoms with van der Waals surface area (Å²) in [4.78, 5) is 36.5. The van der Waals surface area contributed by atoms with Gasteiger partial charge < -0.3 is 25.2 Å². The minimum absolute atomic E-state index is 0.0310. The molecule has 12 heteroatoms. The zero-order chi connectivity index (χ0) is 27.3. The predicted molar refractivity (Wildman–Crippen MR) is 138 cm³/mol. The predicted octanol–water partition coefficient (Wildman–Crippen LogP) is 3.62. The smallest absolute Gasteiger partial charge is 0.317 e. The van der Waals surface area contributed by atoms with Crippen molar-refractivity contribution in [3.8, 4) is 11.5 Å². The van der Waals surface area contributed by atoms with Crippen LogP contribution in [0.25, 0.3) is 0 Å². The maximum absolute atomic E-state index is 13.6. The number of benzene rings is 2. The van der Waals surface area contributed by atoms with E-state index in [-0.39, 0.29) is 42.2 Å². The molecule has 204 valence electrons. The third-order valence-electron chi connectivity index (χ3n) is 6.74. The quantitative estimate of drug-likeness (QED) is 0.326. The number of fused-ring (bicyclic) bond motifs is 1. The van der Waals surface area contributed by atoms with Crippen molar-refractivity contribution in [3.63, 3.8) is 0 Å². The first-order chi connectivity index (χ1) is 18.1. The molecule has 38 heavy (non-hydrogen) atoms. The van der Waals surface area contributed by atoms with Crippen molar-refractivity contribution in [2.45, 2.75) is 49.8 Å². The van der Waals surface area contributed by atoms with E-state index >= 15 is 0 Å². The summed E-state index contributed by atoms with van der Waals surface area (Å²) in [5.74, 6) is -1.66. The van der Waals surface area contributed by atoms with Gasteiger partial charge in [-0.05, 0) is 56.0 Å². The number of nitrogens with one attached hydrogen (secondary N) is 3. The van der Waals surface area contributed by atoms with E-state index in [0.29, 0.717) is 29.3 Å². The van der Waals surface area contributed by atoms with Gasteiger partial charge in [-0.3, -0.25) is 19.7 Å². The largest absolute Gasteiger partial charge is 0.484 e. The number of carboxylic acid groups (broad SMARTS) is 1. The van der Waals surface area contributed by atoms with Crippen molar-refractivity contribution >= 4 is 41.0 Å². The minimum atomic E-state index is -1.01. The van der Waals surface area contributed by atoms with Crippen LogP contribution in [0.1, 0.15) is 43.7 Å². The Balaban J connectivity index is 1.28. The molecule has 2 atom stereocenters. The number of amides is 2. The summed E-state index contributed by atoms with van der Waals surface area (Å²) < 4.78 is 24.8. The second kappa shape index (κ2) is 12.2. The standard InChI is InChI=1S/C26H28Cl2FN3O6/c27-15-2-5-21-17(10-15)20(31-13-24(34)35)12-22(38-21)25(36)30-9-8-26(6-1-7-26)32-23(33)14-37-16-3-4-18(28)19(29)11-16/h2-5,10-11,20,22,31H,1,6-9,12-14H2,(H,30,36)(H,32,33)(H,34,35). The molecule has 2 aromatic rings. The third-order valence-corrected chi connectivity index (χ3v) is 7.28. The number of ether oxygens (including phenoxy) is 2. The highest BCUT2D eigenvalue weighted by molar-refractivity contribution is 6.31. The molecule has 0 radical (unpaired) electrons. The molecule has 0 aromatic heterocycles. The Morgan fingerprint density at radius 3 is 2.63 bits per heavy atom. The van der Waals surface area contributed by atoms with Gasteiger partial charge in [0.05, 0.1) is 11.6 Å². The zero-order valence-electron chi connectivity index (χ0n) is 20.4. The van der Waals surface area contributed by atoms with Crippen molar-refractivity contribution < 1.29 is 33.4 Å². The van der Waals surface area contributed by atoms with Crippen LogP contribution in [-0.4, -0.2) is 54.2 Å². The highest BCUT2D eigenvalue weighted by atomic mass is 35.5. The maximum Gasteiger partial charge on any atom is 0.317 e. The fourth-order valence-electron chi connectivity index (χ4n) is 4.63. The summed E-state index contributed by atoms with van der Waals surface area (Å²) in [6, 6.07) is 8.53. The van der Waals surface area contributed by atoms with E-state index in [0.717, 1.165) is 25.3 Å². The molecule has 2 aliphatic rings. The van der Waals surface area contributed by atoms with Crippen molar-refractivity contribution in [3.05, 3.63) is 57.8 Å². The summed E-state index contributed by atoms with van der Waals surface area (Å²) in [6.07, 6.45) is 2.39. The number of hydrogen-bond donors (Lipinski definition) is 4. The van der Waals surface area contributed by atoms with Gasteiger partial charge in [0.15, 0.2) is 12.7 Å². The van der Waals surface area contributed by atoms with Crippen molar-refractivity contribution in [2.24, 2.45) is 0 Å². The van der Waals surface area contributed by atoms with E-state index in [1.54, 1.807) is 18.2 Å². The molecule has 1 heterocycles. The van der Waals surface area contributed by atoms with Crippen LogP contribution in [0.3, 0.4) is 0 Å². The van der Waals surface area contributed by atoms with Crippen molar-refractivity contribution in [1.82, 2.24) is 16.0 Å². The fourth-order valence-corrected chi connectivity index (χ4v) is 4.93. The number of carboxylic acids is 1. The van der Waals surface area contributed by atoms with Crippen LogP contribution in [-0.2, 0) is 14.4 Å². The zero-order valence-corrected chi connectivity index (χ0v) is 21.9. The molecule has 4 rings (SSSR count). The Labute approximate surface area is 229 Å². The molecule has 1 aliphatic heterocycles. The van der Waals surface area contributed by atoms with Crippen molar-refractivity contribution in [2.75, 3.05) is 19.7 Å². The van der Waals surface area contributed by atoms with Crippen LogP contribution in [0.4, 0.5) is 4.39 Å². The van der Waals surface area contributed by atoms with Gasteiger partial charge in [-0.15, -0.1) is 0 Å². The number of carbonyl (C=O) groups excluding carboxylic acids is 2. The van der Waals surface area contributed by atoms with E-state index in [1.807, 2.05) is 0 Å². The molecule has 0 spiro atoms. The summed E-state index contributed by atoms with van der Waals surface area (Å²) in [6.45, 7) is -0.244. The molecule has 0 bridgehead atoms. The van der Waals surface area contributed by atoms with Crippen molar-refractivity contribution in [1.29, 1.82) is 0 Å². The van der Waals surface area contributed by atoms with Gasteiger partial charge >= 0.3 is 5.97 Å². The lowest BCUT2D eigenvalue weighted by Gasteiger charge is -2.43. The lowest BCUT2D eigenvalue weighted by molar-refractivity contribution is -0.136. The first kappa shape index (κ1) is 27.9. The van der Waals surface area contributed by atoms with E-state index in [4.69, 9.17) is 37.8 Å². The van der Waals surface area contributed by atoms with E-state index in [1.165, 1.54) is 12.1 Å². The summed E-state index contributed by atoms with van der Waals surface area (Å²) in [5.41, 5.74) is 0.240. The molecule has 1 saturated carbocycles. The summed E-state index contributed by atoms with van der Waals surface area (Å²) in [7, 11) is 0. The van der Waals surface area contributed by atoms with Gasteiger partial charge in [-0.1, -0.05) is 23.2 Å². The number of carbonyl (C=O) groups is 3. The Kier molecular flexibility index (Phi) is 8.96. The average Bonchev–Trinajstić information content (AvgIpc) is 2.86. The van der Waals surface area contributed by atoms with Crippen LogP contribution in [0.5, 0.6) is 11.5 Å². The van der Waals surface area contributed by atoms with Crippen LogP contribution < -0.4 is 25.4 Å². The highest BCUT2D eigenvalue weighted by Crippen LogP contribution is 2.37. The second-order valence-corrected chi connectivity index (χ2v) is 10.3. The molecule has 0 saturated heterocycles. The lowest BCUT2D eigenvalue weighted by atomic mass is 9.74. The van der Waals surface area contributed by atoms with Gasteiger partial charge in [0.1, 0.15) is 17.3 Å². The molecule has 1 fully saturated rings. The molecule has 2 aromatic carbocycles. The van der Waals surface area contributed by atoms with Gasteiger partial charge in [0.25, 0.3) is 11.8 Å². The van der Waals surface area contributed by atoms with E-state index in [2.05, 4.69) is 16.0 Å². The van der Waals surface area contributed by atoms with Gasteiger partial charge in [-0.2, -0.15) is 0 Å². The van der Waals surface area contributed by atoms with Crippen LogP contribution in [0.2, 0.25) is 10.0 Å². The lowest BCUT2D eigenvalue weighted by Crippen LogP contribution is -2.56. The average molecular weight is 568 g/mol. The van der Waals surface area contributed by atoms with Gasteiger partial charge in [0, 0.05) is 41.2 Å². The minimum Gasteiger partial charge on any atom is -0.484 e. The molecule has 2 amide bonds. The first-order valence-corrected chi connectivity index (χ1v) is 13.0. The van der Waals surface area contributed by atoms with Crippen LogP contribution >= 0.6 is 23.2 Å². The van der Waals surface area contributed by atoms with E-state index < -0.39 is 29.5 Å². The summed E-state index contributed by atoms with van der Waals surface area (Å²) in [5, 5.41) is 18.3.